The van der Waals surface area contributed by atoms with Gasteiger partial charge in [-0.25, -0.2) is 0 Å². The molecule has 1 saturated heterocycles. The second kappa shape index (κ2) is 4.36. The van der Waals surface area contributed by atoms with E-state index in [9.17, 15) is 14.9 Å². The van der Waals surface area contributed by atoms with Crippen LogP contribution in [0.25, 0.3) is 0 Å². The van der Waals surface area contributed by atoms with E-state index in [-0.39, 0.29) is 13.2 Å². The largest absolute Gasteiger partial charge is 0.465 e. The summed E-state index contributed by atoms with van der Waals surface area (Å²) in [5.74, 6) is -0.426. The first kappa shape index (κ1) is 10.9. The average molecular weight is 203 g/mol. The number of carbonyl (C=O) groups excluding carboxylic acids is 1. The summed E-state index contributed by atoms with van der Waals surface area (Å²) in [5, 5.41) is 12.4. The predicted molar refractivity (Wildman–Crippen MR) is 47.2 cm³/mol. The number of carbonyl (C=O) groups is 1. The van der Waals surface area contributed by atoms with Gasteiger partial charge in [0.2, 0.25) is 6.54 Å². The highest BCUT2D eigenvalue weighted by Gasteiger charge is 2.50. The third kappa shape index (κ3) is 2.20. The number of ether oxygens (including phenoxy) is 1. The maximum Gasteiger partial charge on any atom is 0.324 e. The highest BCUT2D eigenvalue weighted by Crippen LogP contribution is 2.24. The van der Waals surface area contributed by atoms with Gasteiger partial charge in [0.1, 0.15) is 0 Å². The lowest BCUT2D eigenvalue weighted by atomic mass is 9.87. The molecule has 0 saturated carbocycles. The molecule has 2 N–H and O–H groups in total. The van der Waals surface area contributed by atoms with Crippen molar-refractivity contribution in [3.05, 3.63) is 10.1 Å². The van der Waals surface area contributed by atoms with Gasteiger partial charge in [0.25, 0.3) is 0 Å². The summed E-state index contributed by atoms with van der Waals surface area (Å²) < 4.78 is 4.87. The minimum Gasteiger partial charge on any atom is -0.465 e. The van der Waals surface area contributed by atoms with Crippen LogP contribution in [0.15, 0.2) is 0 Å². The van der Waals surface area contributed by atoms with Gasteiger partial charge in [-0.05, 0) is 6.92 Å². The molecule has 1 unspecified atom stereocenters. The number of hydrogen-bond acceptors (Lipinski definition) is 4. The van der Waals surface area contributed by atoms with Crippen LogP contribution in [-0.4, -0.2) is 37.1 Å². The Morgan fingerprint density at radius 3 is 2.86 bits per heavy atom. The first-order chi connectivity index (χ1) is 6.60. The van der Waals surface area contributed by atoms with Crippen molar-refractivity contribution >= 4 is 5.97 Å². The van der Waals surface area contributed by atoms with Gasteiger partial charge in [-0.2, -0.15) is 0 Å². The number of quaternary nitrogens is 1. The zero-order chi connectivity index (χ0) is 10.6. The van der Waals surface area contributed by atoms with E-state index >= 15 is 0 Å². The van der Waals surface area contributed by atoms with Gasteiger partial charge in [0, 0.05) is 11.3 Å². The molecule has 1 fully saturated rings. The molecule has 0 radical (unpaired) electrons. The fourth-order valence-electron chi connectivity index (χ4n) is 1.78. The molecular weight excluding hydrogens is 188 g/mol. The Bertz CT molecular complexity index is 235. The van der Waals surface area contributed by atoms with E-state index in [4.69, 9.17) is 4.74 Å². The fourth-order valence-corrected chi connectivity index (χ4v) is 1.78. The second-order valence-corrected chi connectivity index (χ2v) is 3.52. The van der Waals surface area contributed by atoms with E-state index in [1.807, 2.05) is 5.32 Å². The van der Waals surface area contributed by atoms with Crippen LogP contribution < -0.4 is 5.32 Å². The van der Waals surface area contributed by atoms with Gasteiger partial charge in [-0.3, -0.25) is 14.9 Å². The fraction of sp³-hybridized carbons (Fsp3) is 0.875. The summed E-state index contributed by atoms with van der Waals surface area (Å²) in [6.07, 6.45) is 0.535. The number of nitrogens with two attached hydrogens (primary N) is 1. The number of nitro groups is 1. The van der Waals surface area contributed by atoms with Gasteiger partial charge in [0.15, 0.2) is 5.41 Å². The molecule has 1 aliphatic rings. The van der Waals surface area contributed by atoms with Gasteiger partial charge < -0.3 is 10.1 Å². The van der Waals surface area contributed by atoms with Gasteiger partial charge in [-0.15, -0.1) is 0 Å². The van der Waals surface area contributed by atoms with Gasteiger partial charge in [0.05, 0.1) is 19.7 Å². The van der Waals surface area contributed by atoms with Crippen LogP contribution in [0.2, 0.25) is 0 Å². The van der Waals surface area contributed by atoms with Gasteiger partial charge >= 0.3 is 5.97 Å². The topological polar surface area (TPSA) is 86.0 Å². The highest BCUT2D eigenvalue weighted by atomic mass is 16.6. The van der Waals surface area contributed by atoms with E-state index in [1.165, 1.54) is 0 Å². The van der Waals surface area contributed by atoms with E-state index in [0.717, 1.165) is 6.54 Å². The molecule has 1 heterocycles. The third-order valence-electron chi connectivity index (χ3n) is 2.50. The van der Waals surface area contributed by atoms with Crippen LogP contribution >= 0.6 is 0 Å². The number of nitrogens with zero attached hydrogens (tertiary/aromatic N) is 1. The summed E-state index contributed by atoms with van der Waals surface area (Å²) in [7, 11) is 0. The molecule has 80 valence electrons. The number of hydrogen-bond donors (Lipinski definition) is 1. The summed E-state index contributed by atoms with van der Waals surface area (Å²) in [4.78, 5) is 21.6. The first-order valence-electron chi connectivity index (χ1n) is 4.71. The van der Waals surface area contributed by atoms with Crippen molar-refractivity contribution < 1.29 is 19.8 Å². The van der Waals surface area contributed by atoms with Crippen molar-refractivity contribution in [1.82, 2.24) is 0 Å². The van der Waals surface area contributed by atoms with Crippen molar-refractivity contribution in [3.63, 3.8) is 0 Å². The third-order valence-corrected chi connectivity index (χ3v) is 2.50. The van der Waals surface area contributed by atoms with Crippen molar-refractivity contribution in [2.24, 2.45) is 5.41 Å². The van der Waals surface area contributed by atoms with Crippen LogP contribution in [0.5, 0.6) is 0 Å². The molecule has 6 heteroatoms. The minimum atomic E-state index is -0.889. The van der Waals surface area contributed by atoms with E-state index in [1.54, 1.807) is 6.92 Å². The van der Waals surface area contributed by atoms with Crippen LogP contribution in [0.1, 0.15) is 13.3 Å². The zero-order valence-corrected chi connectivity index (χ0v) is 8.19. The molecule has 0 bridgehead atoms. The normalized spacial score (nSPS) is 26.1. The Labute approximate surface area is 81.8 Å². The smallest absolute Gasteiger partial charge is 0.324 e. The standard InChI is InChI=1S/C8H14N2O4/c1-2-14-7(11)8(6-10(12)13)3-4-9-5-8/h9H,2-6H2,1H3/p+1. The molecular formula is C8H15N2O4+. The Morgan fingerprint density at radius 2 is 2.43 bits per heavy atom. The van der Waals surface area contributed by atoms with Crippen molar-refractivity contribution in [3.8, 4) is 0 Å². The molecule has 0 aliphatic carbocycles. The Morgan fingerprint density at radius 1 is 1.71 bits per heavy atom. The van der Waals surface area contributed by atoms with E-state index in [2.05, 4.69) is 0 Å². The Kier molecular flexibility index (Phi) is 3.40. The van der Waals surface area contributed by atoms with E-state index < -0.39 is 16.3 Å². The summed E-state index contributed by atoms with van der Waals surface area (Å²) in [6.45, 7) is 2.89. The second-order valence-electron chi connectivity index (χ2n) is 3.52. The van der Waals surface area contributed by atoms with E-state index in [0.29, 0.717) is 13.0 Å². The molecule has 1 atom stereocenters. The molecule has 0 aromatic heterocycles. The van der Waals surface area contributed by atoms with Crippen LogP contribution in [-0.2, 0) is 9.53 Å². The SMILES string of the molecule is CCOC(=O)C1(C[N+](=O)[O-])CC[NH2+]C1. The summed E-state index contributed by atoms with van der Waals surface area (Å²) >= 11 is 0. The maximum absolute atomic E-state index is 11.6. The zero-order valence-electron chi connectivity index (χ0n) is 8.19. The van der Waals surface area contributed by atoms with Crippen LogP contribution in [0, 0.1) is 15.5 Å². The summed E-state index contributed by atoms with van der Waals surface area (Å²) in [6, 6.07) is 0. The lowest BCUT2D eigenvalue weighted by Crippen LogP contribution is -2.82. The van der Waals surface area contributed by atoms with Crippen molar-refractivity contribution in [2.45, 2.75) is 13.3 Å². The summed E-state index contributed by atoms with van der Waals surface area (Å²) in [5.41, 5.74) is -0.889. The molecule has 0 spiro atoms. The van der Waals surface area contributed by atoms with Crippen LogP contribution in [0.4, 0.5) is 0 Å². The molecule has 14 heavy (non-hydrogen) atoms. The lowest BCUT2D eigenvalue weighted by molar-refractivity contribution is -0.643. The highest BCUT2D eigenvalue weighted by molar-refractivity contribution is 5.77. The molecule has 0 amide bonds. The predicted octanol–water partition coefficient (Wildman–Crippen LogP) is -1.22. The lowest BCUT2D eigenvalue weighted by Gasteiger charge is -2.18. The average Bonchev–Trinajstić information content (AvgIpc) is 2.53. The number of esters is 1. The molecule has 6 nitrogen and oxygen atoms in total. The van der Waals surface area contributed by atoms with Crippen LogP contribution in [0.3, 0.4) is 0 Å². The molecule has 1 rings (SSSR count). The molecule has 0 aromatic rings. The monoisotopic (exact) mass is 203 g/mol. The Hall–Kier alpha value is -1.17. The molecule has 0 aromatic carbocycles. The minimum absolute atomic E-state index is 0.276. The number of rotatable bonds is 4. The van der Waals surface area contributed by atoms with Crippen molar-refractivity contribution in [1.29, 1.82) is 0 Å². The molecule has 1 aliphatic heterocycles. The Balaban J connectivity index is 2.70. The maximum atomic E-state index is 11.6. The van der Waals surface area contributed by atoms with Crippen molar-refractivity contribution in [2.75, 3.05) is 26.2 Å². The first-order valence-corrected chi connectivity index (χ1v) is 4.71. The quantitative estimate of drug-likeness (QED) is 0.352. The van der Waals surface area contributed by atoms with Gasteiger partial charge in [-0.1, -0.05) is 0 Å².